The van der Waals surface area contributed by atoms with Crippen LogP contribution in [-0.4, -0.2) is 19.2 Å². The fraction of sp³-hybridized carbons (Fsp3) is 0.960. The molecule has 0 aliphatic rings. The quantitative estimate of drug-likeness (QED) is 0.186. The van der Waals surface area contributed by atoms with Gasteiger partial charge in [-0.3, -0.25) is 0 Å². The minimum Gasteiger partial charge on any atom is -0.450 e. The van der Waals surface area contributed by atoms with E-state index in [1.807, 2.05) is 0 Å². The maximum absolute atomic E-state index is 11.5. The molecule has 0 aromatic rings. The number of alkyl carbamates (subject to hydrolysis) is 1. The first-order valence-electron chi connectivity index (χ1n) is 12.7. The first-order valence-corrected chi connectivity index (χ1v) is 12.7. The molecule has 0 saturated heterocycles. The van der Waals surface area contributed by atoms with Gasteiger partial charge in [0, 0.05) is 6.54 Å². The topological polar surface area (TPSA) is 38.3 Å². The molecule has 3 nitrogen and oxygen atoms in total. The maximum Gasteiger partial charge on any atom is 0.407 e. The summed E-state index contributed by atoms with van der Waals surface area (Å²) in [4.78, 5) is 11.5. The predicted octanol–water partition coefficient (Wildman–Crippen LogP) is 8.55. The lowest BCUT2D eigenvalue weighted by molar-refractivity contribution is 0.143. The molecule has 0 fully saturated rings. The second-order valence-corrected chi connectivity index (χ2v) is 8.43. The van der Waals surface area contributed by atoms with Crippen LogP contribution >= 0.6 is 0 Å². The summed E-state index contributed by atoms with van der Waals surface area (Å²) < 4.78 is 5.22. The van der Waals surface area contributed by atoms with Gasteiger partial charge in [-0.1, -0.05) is 129 Å². The second-order valence-electron chi connectivity index (χ2n) is 8.43. The lowest BCUT2D eigenvalue weighted by Gasteiger charge is -2.07. The number of carbonyl (C=O) groups excluding carboxylic acids is 1. The van der Waals surface area contributed by atoms with Crippen molar-refractivity contribution in [2.24, 2.45) is 0 Å². The Morgan fingerprint density at radius 2 is 0.893 bits per heavy atom. The van der Waals surface area contributed by atoms with Crippen molar-refractivity contribution < 1.29 is 9.53 Å². The van der Waals surface area contributed by atoms with Crippen LogP contribution in [0.2, 0.25) is 0 Å². The molecule has 0 bridgehead atoms. The Kier molecular flexibility index (Phi) is 23.7. The van der Waals surface area contributed by atoms with Crippen molar-refractivity contribution >= 4 is 6.09 Å². The Balaban J connectivity index is 3.09. The van der Waals surface area contributed by atoms with Crippen molar-refractivity contribution in [3.8, 4) is 0 Å². The number of nitrogens with one attached hydrogen (secondary N) is 1. The van der Waals surface area contributed by atoms with E-state index < -0.39 is 0 Å². The van der Waals surface area contributed by atoms with Crippen molar-refractivity contribution in [3.05, 3.63) is 0 Å². The molecular formula is C25H51NO2. The summed E-state index contributed by atoms with van der Waals surface area (Å²) in [6, 6.07) is 0. The van der Waals surface area contributed by atoms with Crippen LogP contribution in [0.25, 0.3) is 0 Å². The largest absolute Gasteiger partial charge is 0.450 e. The first-order chi connectivity index (χ1) is 13.8. The first kappa shape index (κ1) is 27.3. The lowest BCUT2D eigenvalue weighted by atomic mass is 10.0. The Labute approximate surface area is 176 Å². The third kappa shape index (κ3) is 23.3. The van der Waals surface area contributed by atoms with Gasteiger partial charge in [0.25, 0.3) is 0 Å². The predicted molar refractivity (Wildman–Crippen MR) is 123 cm³/mol. The molecule has 0 aliphatic heterocycles. The van der Waals surface area contributed by atoms with Gasteiger partial charge in [-0.05, 0) is 12.8 Å². The van der Waals surface area contributed by atoms with E-state index in [4.69, 9.17) is 4.74 Å². The molecule has 0 aromatic heterocycles. The van der Waals surface area contributed by atoms with E-state index in [1.165, 1.54) is 116 Å². The molecule has 0 unspecified atom stereocenters. The van der Waals surface area contributed by atoms with Crippen molar-refractivity contribution in [3.63, 3.8) is 0 Å². The van der Waals surface area contributed by atoms with Crippen LogP contribution in [0.5, 0.6) is 0 Å². The zero-order chi connectivity index (χ0) is 20.5. The van der Waals surface area contributed by atoms with Crippen LogP contribution in [0.3, 0.4) is 0 Å². The van der Waals surface area contributed by atoms with Gasteiger partial charge in [0.15, 0.2) is 0 Å². The second kappa shape index (κ2) is 24.3. The zero-order valence-corrected chi connectivity index (χ0v) is 19.4. The van der Waals surface area contributed by atoms with Gasteiger partial charge in [-0.25, -0.2) is 4.79 Å². The highest BCUT2D eigenvalue weighted by atomic mass is 16.5. The summed E-state index contributed by atoms with van der Waals surface area (Å²) in [6.45, 7) is 5.79. The molecular weight excluding hydrogens is 346 g/mol. The number of rotatable bonds is 22. The van der Waals surface area contributed by atoms with Crippen molar-refractivity contribution in [2.75, 3.05) is 13.2 Å². The fourth-order valence-corrected chi connectivity index (χ4v) is 3.61. The van der Waals surface area contributed by atoms with E-state index in [2.05, 4.69) is 19.2 Å². The van der Waals surface area contributed by atoms with E-state index in [0.717, 1.165) is 19.4 Å². The van der Waals surface area contributed by atoms with Crippen LogP contribution in [0.1, 0.15) is 142 Å². The number of amides is 1. The molecule has 0 atom stereocenters. The molecule has 1 N–H and O–H groups in total. The van der Waals surface area contributed by atoms with Gasteiger partial charge >= 0.3 is 6.09 Å². The van der Waals surface area contributed by atoms with Crippen LogP contribution in [0.4, 0.5) is 4.79 Å². The summed E-state index contributed by atoms with van der Waals surface area (Å²) >= 11 is 0. The zero-order valence-electron chi connectivity index (χ0n) is 19.4. The van der Waals surface area contributed by atoms with E-state index in [9.17, 15) is 4.79 Å². The minimum atomic E-state index is -0.238. The van der Waals surface area contributed by atoms with Gasteiger partial charge in [0.1, 0.15) is 0 Å². The van der Waals surface area contributed by atoms with Crippen LogP contribution < -0.4 is 5.32 Å². The number of carbonyl (C=O) groups is 1. The van der Waals surface area contributed by atoms with Crippen molar-refractivity contribution in [2.45, 2.75) is 142 Å². The maximum atomic E-state index is 11.5. The molecule has 3 heteroatoms. The molecule has 0 spiro atoms. The molecule has 0 heterocycles. The SMILES string of the molecule is CCCCCCCCCCCCCCCCCCOC(=O)NCCCCCC. The smallest absolute Gasteiger partial charge is 0.407 e. The molecule has 168 valence electrons. The Hall–Kier alpha value is -0.730. The highest BCUT2D eigenvalue weighted by molar-refractivity contribution is 5.66. The summed E-state index contributed by atoms with van der Waals surface area (Å²) in [6.07, 6.45) is 26.3. The molecule has 0 aliphatic carbocycles. The number of hydrogen-bond acceptors (Lipinski definition) is 2. The highest BCUT2D eigenvalue weighted by Crippen LogP contribution is 2.13. The van der Waals surface area contributed by atoms with E-state index in [1.54, 1.807) is 0 Å². The minimum absolute atomic E-state index is 0.238. The summed E-state index contributed by atoms with van der Waals surface area (Å²) in [5.41, 5.74) is 0. The van der Waals surface area contributed by atoms with Crippen LogP contribution in [0.15, 0.2) is 0 Å². The molecule has 0 aromatic carbocycles. The van der Waals surface area contributed by atoms with Crippen LogP contribution in [0, 0.1) is 0 Å². The van der Waals surface area contributed by atoms with Crippen molar-refractivity contribution in [1.82, 2.24) is 5.32 Å². The molecule has 0 radical (unpaired) electrons. The molecule has 0 saturated carbocycles. The number of hydrogen-bond donors (Lipinski definition) is 1. The third-order valence-corrected chi connectivity index (χ3v) is 5.53. The normalized spacial score (nSPS) is 10.9. The number of ether oxygens (including phenoxy) is 1. The fourth-order valence-electron chi connectivity index (χ4n) is 3.61. The Morgan fingerprint density at radius 1 is 0.536 bits per heavy atom. The average Bonchev–Trinajstić information content (AvgIpc) is 2.70. The van der Waals surface area contributed by atoms with Gasteiger partial charge in [-0.2, -0.15) is 0 Å². The van der Waals surface area contributed by atoms with Gasteiger partial charge < -0.3 is 10.1 Å². The van der Waals surface area contributed by atoms with Crippen molar-refractivity contribution in [1.29, 1.82) is 0 Å². The van der Waals surface area contributed by atoms with E-state index >= 15 is 0 Å². The van der Waals surface area contributed by atoms with Gasteiger partial charge in [-0.15, -0.1) is 0 Å². The van der Waals surface area contributed by atoms with Crippen LogP contribution in [-0.2, 0) is 4.74 Å². The Morgan fingerprint density at radius 3 is 1.32 bits per heavy atom. The Bertz CT molecular complexity index is 307. The number of unbranched alkanes of at least 4 members (excludes halogenated alkanes) is 18. The van der Waals surface area contributed by atoms with E-state index in [-0.39, 0.29) is 6.09 Å². The standard InChI is InChI=1S/C25H51NO2/c1-3-5-7-9-10-11-12-13-14-15-16-17-18-19-20-22-24-28-25(27)26-23-21-8-6-4-2/h3-24H2,1-2H3,(H,26,27). The third-order valence-electron chi connectivity index (χ3n) is 5.53. The average molecular weight is 398 g/mol. The molecule has 1 amide bonds. The summed E-state index contributed by atoms with van der Waals surface area (Å²) in [5, 5.41) is 2.84. The molecule has 28 heavy (non-hydrogen) atoms. The van der Waals surface area contributed by atoms with Gasteiger partial charge in [0.2, 0.25) is 0 Å². The highest BCUT2D eigenvalue weighted by Gasteiger charge is 2.00. The monoisotopic (exact) mass is 397 g/mol. The summed E-state index contributed by atoms with van der Waals surface area (Å²) in [7, 11) is 0. The van der Waals surface area contributed by atoms with E-state index in [0.29, 0.717) is 6.61 Å². The molecule has 0 rings (SSSR count). The summed E-state index contributed by atoms with van der Waals surface area (Å²) in [5.74, 6) is 0. The van der Waals surface area contributed by atoms with Gasteiger partial charge in [0.05, 0.1) is 6.61 Å². The lowest BCUT2D eigenvalue weighted by Crippen LogP contribution is -2.25.